The van der Waals surface area contributed by atoms with Crippen molar-refractivity contribution in [3.8, 4) is 5.88 Å². The maximum atomic E-state index is 15.0. The van der Waals surface area contributed by atoms with Gasteiger partial charge in [-0.1, -0.05) is 48.0 Å². The molecule has 0 bridgehead atoms. The van der Waals surface area contributed by atoms with E-state index >= 15 is 0 Å². The molecule has 1 N–H and O–H groups in total. The highest BCUT2D eigenvalue weighted by molar-refractivity contribution is 6.30. The van der Waals surface area contributed by atoms with E-state index in [-0.39, 0.29) is 46.2 Å². The molecule has 3 atom stereocenters. The molecule has 4 aromatic rings. The van der Waals surface area contributed by atoms with E-state index in [1.165, 1.54) is 25.1 Å². The molecule has 0 saturated carbocycles. The smallest absolute Gasteiger partial charge is 0.344 e. The molecule has 238 valence electrons. The van der Waals surface area contributed by atoms with Crippen molar-refractivity contribution in [1.82, 2.24) is 14.1 Å². The van der Waals surface area contributed by atoms with E-state index in [4.69, 9.17) is 30.5 Å². The van der Waals surface area contributed by atoms with Crippen LogP contribution in [0.25, 0.3) is 0 Å². The van der Waals surface area contributed by atoms with Gasteiger partial charge in [0, 0.05) is 31.2 Å². The van der Waals surface area contributed by atoms with Gasteiger partial charge >= 0.3 is 17.6 Å². The molecular formula is C31H25ClFN3O10. The number of pyridine rings is 1. The van der Waals surface area contributed by atoms with Gasteiger partial charge in [0.2, 0.25) is 17.1 Å². The number of rotatable bonds is 9. The predicted octanol–water partition coefficient (Wildman–Crippen LogP) is 2.83. The van der Waals surface area contributed by atoms with Gasteiger partial charge in [-0.15, -0.1) is 0 Å². The number of ether oxygens (including phenoxy) is 4. The van der Waals surface area contributed by atoms with Crippen molar-refractivity contribution in [2.75, 3.05) is 6.61 Å². The summed E-state index contributed by atoms with van der Waals surface area (Å²) in [6.45, 7) is 1.14. The van der Waals surface area contributed by atoms with Crippen molar-refractivity contribution in [1.29, 1.82) is 0 Å². The SMILES string of the molecule is CC(=O)OC[C@H]1O[C@@H](n2cc(F)c(=O)n(C(=O)c3cccc(C(=O)Oc4cc(=O)c(Cl)c[nH]4)c3)c2=O)C[C@@H]1OCc1ccccc1. The van der Waals surface area contributed by atoms with Crippen LogP contribution in [0, 0.1) is 5.82 Å². The average molecular weight is 654 g/mol. The number of nitrogens with zero attached hydrogens (tertiary/aromatic N) is 2. The zero-order valence-corrected chi connectivity index (χ0v) is 24.8. The van der Waals surface area contributed by atoms with Crippen LogP contribution in [0.2, 0.25) is 5.02 Å². The summed E-state index contributed by atoms with van der Waals surface area (Å²) in [7, 11) is 0. The third kappa shape index (κ3) is 7.20. The second kappa shape index (κ2) is 13.9. The van der Waals surface area contributed by atoms with E-state index in [0.717, 1.165) is 28.5 Å². The molecule has 5 rings (SSSR count). The molecule has 13 nitrogen and oxygen atoms in total. The summed E-state index contributed by atoms with van der Waals surface area (Å²) in [4.78, 5) is 78.1. The Balaban J connectivity index is 1.41. The fourth-order valence-electron chi connectivity index (χ4n) is 4.66. The number of halogens is 2. The summed E-state index contributed by atoms with van der Waals surface area (Å²) in [6, 6.07) is 14.9. The third-order valence-corrected chi connectivity index (χ3v) is 7.21. The maximum absolute atomic E-state index is 15.0. The Bertz CT molecular complexity index is 1970. The van der Waals surface area contributed by atoms with Gasteiger partial charge in [-0.3, -0.25) is 23.7 Å². The summed E-state index contributed by atoms with van der Waals surface area (Å²) < 4.78 is 37.9. The van der Waals surface area contributed by atoms with Crippen LogP contribution in [0.15, 0.2) is 87.4 Å². The Morgan fingerprint density at radius 1 is 1.04 bits per heavy atom. The predicted molar refractivity (Wildman–Crippen MR) is 158 cm³/mol. The first-order valence-electron chi connectivity index (χ1n) is 13.7. The lowest BCUT2D eigenvalue weighted by molar-refractivity contribution is -0.148. The molecule has 1 saturated heterocycles. The van der Waals surface area contributed by atoms with E-state index in [2.05, 4.69) is 4.98 Å². The maximum Gasteiger partial charge on any atom is 0.344 e. The first-order chi connectivity index (χ1) is 22.0. The summed E-state index contributed by atoms with van der Waals surface area (Å²) in [5.41, 5.74) is -3.01. The topological polar surface area (TPSA) is 165 Å². The van der Waals surface area contributed by atoms with Crippen molar-refractivity contribution in [3.05, 3.63) is 132 Å². The van der Waals surface area contributed by atoms with Crippen LogP contribution in [0.4, 0.5) is 4.39 Å². The highest BCUT2D eigenvalue weighted by Gasteiger charge is 2.39. The van der Waals surface area contributed by atoms with E-state index < -0.39 is 58.8 Å². The Morgan fingerprint density at radius 3 is 2.50 bits per heavy atom. The molecular weight excluding hydrogens is 629 g/mol. The Kier molecular flexibility index (Phi) is 9.70. The second-order valence-electron chi connectivity index (χ2n) is 10.1. The van der Waals surface area contributed by atoms with Crippen LogP contribution in [-0.4, -0.2) is 50.8 Å². The van der Waals surface area contributed by atoms with Crippen LogP contribution in [-0.2, 0) is 25.6 Å². The molecule has 0 unspecified atom stereocenters. The van der Waals surface area contributed by atoms with Gasteiger partial charge in [0.25, 0.3) is 11.5 Å². The van der Waals surface area contributed by atoms with E-state index in [1.807, 2.05) is 30.3 Å². The summed E-state index contributed by atoms with van der Waals surface area (Å²) in [5.74, 6) is -4.46. The van der Waals surface area contributed by atoms with Gasteiger partial charge in [0.1, 0.15) is 24.0 Å². The van der Waals surface area contributed by atoms with Crippen LogP contribution in [0.3, 0.4) is 0 Å². The zero-order valence-electron chi connectivity index (χ0n) is 24.0. The van der Waals surface area contributed by atoms with Gasteiger partial charge in [-0.2, -0.15) is 8.96 Å². The quantitative estimate of drug-likeness (QED) is 0.266. The molecule has 15 heteroatoms. The average Bonchev–Trinajstić information content (AvgIpc) is 3.45. The van der Waals surface area contributed by atoms with Gasteiger partial charge in [0.15, 0.2) is 0 Å². The Labute approximate surface area is 263 Å². The summed E-state index contributed by atoms with van der Waals surface area (Å²) in [6.07, 6.45) is -1.04. The highest BCUT2D eigenvalue weighted by Crippen LogP contribution is 2.31. The summed E-state index contributed by atoms with van der Waals surface area (Å²) >= 11 is 5.68. The minimum atomic E-state index is -1.52. The molecule has 1 aliphatic heterocycles. The third-order valence-electron chi connectivity index (χ3n) is 6.91. The molecule has 1 fully saturated rings. The first-order valence-corrected chi connectivity index (χ1v) is 14.1. The first kappa shape index (κ1) is 32.2. The molecule has 46 heavy (non-hydrogen) atoms. The molecule has 2 aromatic carbocycles. The van der Waals surface area contributed by atoms with Crippen molar-refractivity contribution in [2.45, 2.75) is 38.4 Å². The standard InChI is InChI=1S/C31H25ClFN3O10/c1-17(37)43-16-25-24(44-15-18-6-3-2-4-7-18)12-27(45-25)35-14-22(33)29(40)36(31(35)42)28(39)19-8-5-9-20(10-19)30(41)46-26-11-23(38)21(32)13-34-26/h2-11,13-14,24-25,27H,12,15-16H2,1H3,(H,34,38)/t24-,25+,27+/m0/s1. The van der Waals surface area contributed by atoms with Crippen molar-refractivity contribution in [2.24, 2.45) is 0 Å². The van der Waals surface area contributed by atoms with Gasteiger partial charge in [-0.25, -0.2) is 9.59 Å². The number of aromatic nitrogens is 3. The van der Waals surface area contributed by atoms with Crippen LogP contribution < -0.4 is 21.4 Å². The lowest BCUT2D eigenvalue weighted by atomic mass is 10.1. The lowest BCUT2D eigenvalue weighted by Crippen LogP contribution is -2.46. The van der Waals surface area contributed by atoms with Crippen LogP contribution in [0.5, 0.6) is 5.88 Å². The van der Waals surface area contributed by atoms with Crippen molar-refractivity contribution >= 4 is 29.4 Å². The van der Waals surface area contributed by atoms with Crippen molar-refractivity contribution in [3.63, 3.8) is 0 Å². The summed E-state index contributed by atoms with van der Waals surface area (Å²) in [5, 5.41) is -0.128. The van der Waals surface area contributed by atoms with E-state index in [9.17, 15) is 33.2 Å². The Morgan fingerprint density at radius 2 is 1.78 bits per heavy atom. The number of hydrogen-bond donors (Lipinski definition) is 1. The number of aromatic amines is 1. The number of benzene rings is 2. The van der Waals surface area contributed by atoms with Crippen LogP contribution >= 0.6 is 11.6 Å². The van der Waals surface area contributed by atoms with Crippen molar-refractivity contribution < 1.29 is 37.7 Å². The molecule has 2 aromatic heterocycles. The lowest BCUT2D eigenvalue weighted by Gasteiger charge is -2.18. The van der Waals surface area contributed by atoms with E-state index in [0.29, 0.717) is 6.20 Å². The minimum Gasteiger partial charge on any atom is -0.463 e. The molecule has 0 radical (unpaired) electrons. The molecule has 1 aliphatic rings. The minimum absolute atomic E-state index is 0.0153. The molecule has 3 heterocycles. The molecule has 0 amide bonds. The largest absolute Gasteiger partial charge is 0.463 e. The van der Waals surface area contributed by atoms with Gasteiger partial charge in [-0.05, 0) is 23.8 Å². The zero-order chi connectivity index (χ0) is 33.0. The van der Waals surface area contributed by atoms with Gasteiger partial charge in [0.05, 0.1) is 24.5 Å². The number of nitrogens with one attached hydrogen (secondary N) is 1. The van der Waals surface area contributed by atoms with Gasteiger partial charge < -0.3 is 23.9 Å². The second-order valence-corrected chi connectivity index (χ2v) is 10.5. The number of carbonyl (C=O) groups is 3. The number of carbonyl (C=O) groups excluding carboxylic acids is 3. The number of hydrogen-bond acceptors (Lipinski definition) is 10. The number of esters is 2. The monoisotopic (exact) mass is 653 g/mol. The molecule has 0 spiro atoms. The highest BCUT2D eigenvalue weighted by atomic mass is 35.5. The molecule has 0 aliphatic carbocycles. The fourth-order valence-corrected chi connectivity index (χ4v) is 4.77. The van der Waals surface area contributed by atoms with Crippen LogP contribution in [0.1, 0.15) is 45.9 Å². The normalized spacial score (nSPS) is 17.4. The fraction of sp³-hybridized carbons (Fsp3) is 0.226. The Hall–Kier alpha value is -5.18. The van der Waals surface area contributed by atoms with E-state index in [1.54, 1.807) is 0 Å². The number of H-pyrrole nitrogens is 1.